The quantitative estimate of drug-likeness (QED) is 0.544. The molecule has 0 bridgehead atoms. The minimum absolute atomic E-state index is 0.0751. The molecule has 1 rings (SSSR count). The van der Waals surface area contributed by atoms with Crippen LogP contribution in [0.15, 0.2) is 18.2 Å². The van der Waals surface area contributed by atoms with Gasteiger partial charge in [0.15, 0.2) is 0 Å². The third kappa shape index (κ3) is 2.01. The van der Waals surface area contributed by atoms with Crippen molar-refractivity contribution in [2.45, 2.75) is 12.6 Å². The molecule has 0 aromatic heterocycles. The first kappa shape index (κ1) is 10.5. The third-order valence-electron chi connectivity index (χ3n) is 1.90. The Morgan fingerprint density at radius 2 is 2.14 bits per heavy atom. The van der Waals surface area contributed by atoms with E-state index >= 15 is 0 Å². The number of benzene rings is 1. The van der Waals surface area contributed by atoms with E-state index in [4.69, 9.17) is 15.9 Å². The van der Waals surface area contributed by atoms with Crippen LogP contribution in [0.1, 0.15) is 17.2 Å². The molecule has 0 heterocycles. The van der Waals surface area contributed by atoms with Gasteiger partial charge in [0.25, 0.3) is 0 Å². The summed E-state index contributed by atoms with van der Waals surface area (Å²) in [4.78, 5) is 10.5. The molecule has 0 aliphatic carbocycles. The molecule has 14 heavy (non-hydrogen) atoms. The molecule has 5 heteroatoms. The van der Waals surface area contributed by atoms with Gasteiger partial charge in [-0.05, 0) is 17.7 Å². The molecular weight excluding hydrogens is 186 g/mol. The van der Waals surface area contributed by atoms with Crippen LogP contribution >= 0.6 is 0 Å². The second kappa shape index (κ2) is 4.08. The number of phenols is 1. The van der Waals surface area contributed by atoms with Crippen LogP contribution in [-0.2, 0) is 11.4 Å². The minimum Gasteiger partial charge on any atom is -0.508 e. The number of hydrogen-bond acceptors (Lipinski definition) is 4. The first-order chi connectivity index (χ1) is 6.56. The van der Waals surface area contributed by atoms with E-state index in [0.717, 1.165) is 0 Å². The summed E-state index contributed by atoms with van der Waals surface area (Å²) in [5.41, 5.74) is 5.96. The highest BCUT2D eigenvalue weighted by Gasteiger charge is 2.15. The second-order valence-electron chi connectivity index (χ2n) is 2.86. The fourth-order valence-corrected chi connectivity index (χ4v) is 1.07. The van der Waals surface area contributed by atoms with E-state index in [9.17, 15) is 9.90 Å². The molecule has 0 aliphatic heterocycles. The predicted molar refractivity (Wildman–Crippen MR) is 48.6 cm³/mol. The number of hydrogen-bond donors (Lipinski definition) is 4. The standard InChI is InChI=1S/C9H11NO4/c10-8(9(13)14)5-1-2-7(12)6(3-5)4-11/h1-3,8,11-12H,4,10H2,(H,13,14). The Hall–Kier alpha value is -1.59. The Kier molecular flexibility index (Phi) is 3.06. The van der Waals surface area contributed by atoms with E-state index in [1.54, 1.807) is 0 Å². The molecule has 0 fully saturated rings. The van der Waals surface area contributed by atoms with E-state index in [0.29, 0.717) is 5.56 Å². The van der Waals surface area contributed by atoms with Crippen LogP contribution in [0.5, 0.6) is 5.75 Å². The Labute approximate surface area is 80.4 Å². The van der Waals surface area contributed by atoms with Crippen molar-refractivity contribution in [3.63, 3.8) is 0 Å². The van der Waals surface area contributed by atoms with Crippen LogP contribution in [0.2, 0.25) is 0 Å². The van der Waals surface area contributed by atoms with Gasteiger partial charge < -0.3 is 21.1 Å². The van der Waals surface area contributed by atoms with Crippen molar-refractivity contribution >= 4 is 5.97 Å². The molecule has 0 radical (unpaired) electrons. The van der Waals surface area contributed by atoms with Crippen LogP contribution in [0.4, 0.5) is 0 Å². The molecule has 0 saturated carbocycles. The third-order valence-corrected chi connectivity index (χ3v) is 1.90. The lowest BCUT2D eigenvalue weighted by Crippen LogP contribution is -2.20. The van der Waals surface area contributed by atoms with E-state index < -0.39 is 12.0 Å². The maximum atomic E-state index is 10.5. The van der Waals surface area contributed by atoms with Gasteiger partial charge in [-0.1, -0.05) is 6.07 Å². The van der Waals surface area contributed by atoms with Crippen molar-refractivity contribution in [1.82, 2.24) is 0 Å². The average Bonchev–Trinajstić information content (AvgIpc) is 2.17. The predicted octanol–water partition coefficient (Wildman–Crippen LogP) is -0.0311. The van der Waals surface area contributed by atoms with Gasteiger partial charge in [0.2, 0.25) is 0 Å². The lowest BCUT2D eigenvalue weighted by atomic mass is 10.0. The molecule has 1 unspecified atom stereocenters. The van der Waals surface area contributed by atoms with E-state index in [-0.39, 0.29) is 17.9 Å². The molecule has 1 aromatic rings. The first-order valence-corrected chi connectivity index (χ1v) is 3.97. The fraction of sp³-hybridized carbons (Fsp3) is 0.222. The zero-order chi connectivity index (χ0) is 10.7. The molecule has 0 saturated heterocycles. The summed E-state index contributed by atoms with van der Waals surface area (Å²) in [5.74, 6) is -1.23. The van der Waals surface area contributed by atoms with Crippen molar-refractivity contribution in [2.75, 3.05) is 0 Å². The van der Waals surface area contributed by atoms with Crippen molar-refractivity contribution in [1.29, 1.82) is 0 Å². The number of aromatic hydroxyl groups is 1. The van der Waals surface area contributed by atoms with E-state index in [2.05, 4.69) is 0 Å². The molecule has 1 atom stereocenters. The van der Waals surface area contributed by atoms with Crippen LogP contribution in [0, 0.1) is 0 Å². The number of nitrogens with two attached hydrogens (primary N) is 1. The lowest BCUT2D eigenvalue weighted by Gasteiger charge is -2.09. The number of carboxylic acid groups (broad SMARTS) is 1. The SMILES string of the molecule is NC(C(=O)O)c1ccc(O)c(CO)c1. The van der Waals surface area contributed by atoms with Gasteiger partial charge in [0, 0.05) is 5.56 Å². The molecule has 76 valence electrons. The Bertz CT molecular complexity index is 351. The summed E-state index contributed by atoms with van der Waals surface area (Å²) in [7, 11) is 0. The van der Waals surface area contributed by atoms with Gasteiger partial charge in [-0.3, -0.25) is 4.79 Å². The number of carboxylic acids is 1. The first-order valence-electron chi connectivity index (χ1n) is 3.97. The molecule has 0 amide bonds. The summed E-state index contributed by atoms with van der Waals surface area (Å²) < 4.78 is 0. The highest BCUT2D eigenvalue weighted by Crippen LogP contribution is 2.21. The molecule has 5 nitrogen and oxygen atoms in total. The number of carbonyl (C=O) groups is 1. The van der Waals surface area contributed by atoms with E-state index in [1.807, 2.05) is 0 Å². The summed E-state index contributed by atoms with van der Waals surface area (Å²) in [5, 5.41) is 26.6. The van der Waals surface area contributed by atoms with Crippen molar-refractivity contribution < 1.29 is 20.1 Å². The summed E-state index contributed by atoms with van der Waals surface area (Å²) in [6, 6.07) is 2.95. The molecule has 1 aromatic carbocycles. The molecule has 0 spiro atoms. The van der Waals surface area contributed by atoms with Gasteiger partial charge in [-0.15, -0.1) is 0 Å². The highest BCUT2D eigenvalue weighted by molar-refractivity contribution is 5.75. The minimum atomic E-state index is -1.15. The van der Waals surface area contributed by atoms with Crippen molar-refractivity contribution in [3.8, 4) is 5.75 Å². The zero-order valence-electron chi connectivity index (χ0n) is 7.34. The maximum absolute atomic E-state index is 10.5. The number of aliphatic hydroxyl groups is 1. The van der Waals surface area contributed by atoms with Gasteiger partial charge in [-0.2, -0.15) is 0 Å². The van der Waals surface area contributed by atoms with Crippen molar-refractivity contribution in [2.24, 2.45) is 5.73 Å². The van der Waals surface area contributed by atoms with Gasteiger partial charge in [0.05, 0.1) is 6.61 Å². The largest absolute Gasteiger partial charge is 0.508 e. The zero-order valence-corrected chi connectivity index (χ0v) is 7.34. The molecule has 5 N–H and O–H groups in total. The molecule has 0 aliphatic rings. The van der Waals surface area contributed by atoms with Crippen LogP contribution in [0.3, 0.4) is 0 Å². The Morgan fingerprint density at radius 3 is 2.64 bits per heavy atom. The normalized spacial score (nSPS) is 12.4. The Morgan fingerprint density at radius 1 is 1.50 bits per heavy atom. The fourth-order valence-electron chi connectivity index (χ4n) is 1.07. The number of aliphatic hydroxyl groups excluding tert-OH is 1. The van der Waals surface area contributed by atoms with Crippen LogP contribution < -0.4 is 5.73 Å². The highest BCUT2D eigenvalue weighted by atomic mass is 16.4. The smallest absolute Gasteiger partial charge is 0.325 e. The van der Waals surface area contributed by atoms with Crippen molar-refractivity contribution in [3.05, 3.63) is 29.3 Å². The summed E-state index contributed by atoms with van der Waals surface area (Å²) in [6.45, 7) is -0.355. The summed E-state index contributed by atoms with van der Waals surface area (Å²) in [6.07, 6.45) is 0. The lowest BCUT2D eigenvalue weighted by molar-refractivity contribution is -0.138. The topological polar surface area (TPSA) is 104 Å². The van der Waals surface area contributed by atoms with E-state index in [1.165, 1.54) is 18.2 Å². The molecular formula is C9H11NO4. The maximum Gasteiger partial charge on any atom is 0.325 e. The number of rotatable bonds is 3. The second-order valence-corrected chi connectivity index (χ2v) is 2.86. The van der Waals surface area contributed by atoms with Crippen LogP contribution in [-0.4, -0.2) is 21.3 Å². The van der Waals surface area contributed by atoms with Crippen LogP contribution in [0.25, 0.3) is 0 Å². The van der Waals surface area contributed by atoms with Gasteiger partial charge >= 0.3 is 5.97 Å². The van der Waals surface area contributed by atoms with Gasteiger partial charge in [0.1, 0.15) is 11.8 Å². The Balaban J connectivity index is 3.06. The summed E-state index contributed by atoms with van der Waals surface area (Å²) >= 11 is 0. The number of aliphatic carboxylic acids is 1. The van der Waals surface area contributed by atoms with Gasteiger partial charge in [-0.25, -0.2) is 0 Å². The monoisotopic (exact) mass is 197 g/mol. The average molecular weight is 197 g/mol.